The summed E-state index contributed by atoms with van der Waals surface area (Å²) in [5.41, 5.74) is 6.33. The molecule has 1 atom stereocenters. The zero-order valence-electron chi connectivity index (χ0n) is 7.36. The van der Waals surface area contributed by atoms with Crippen LogP contribution in [0.15, 0.2) is 5.38 Å². The number of hydrogen-bond donors (Lipinski definition) is 2. The van der Waals surface area contributed by atoms with Crippen molar-refractivity contribution in [3.63, 3.8) is 0 Å². The summed E-state index contributed by atoms with van der Waals surface area (Å²) in [6.07, 6.45) is 1.88. The summed E-state index contributed by atoms with van der Waals surface area (Å²) in [6.45, 7) is 2.05. The molecule has 1 unspecified atom stereocenters. The Hall–Kier alpha value is -0.940. The fourth-order valence-electron chi connectivity index (χ4n) is 0.942. The number of nitrogens with two attached hydrogens (primary N) is 1. The van der Waals surface area contributed by atoms with E-state index in [1.165, 1.54) is 11.3 Å². The minimum Gasteiger partial charge on any atom is -0.480 e. The van der Waals surface area contributed by atoms with E-state index in [4.69, 9.17) is 10.8 Å². The third-order valence-electron chi connectivity index (χ3n) is 1.61. The zero-order valence-corrected chi connectivity index (χ0v) is 8.17. The largest absolute Gasteiger partial charge is 0.480 e. The number of hydrogen-bond acceptors (Lipinski definition) is 4. The SMILES string of the molecule is CCCc1csc(C(N)C(=O)O)n1. The Morgan fingerprint density at radius 2 is 2.54 bits per heavy atom. The number of aryl methyl sites for hydroxylation is 1. The van der Waals surface area contributed by atoms with E-state index in [0.29, 0.717) is 5.01 Å². The Morgan fingerprint density at radius 1 is 1.85 bits per heavy atom. The average molecular weight is 200 g/mol. The molecular formula is C8H12N2O2S. The third kappa shape index (κ3) is 2.50. The highest BCUT2D eigenvalue weighted by Gasteiger charge is 2.17. The first-order valence-electron chi connectivity index (χ1n) is 4.07. The van der Waals surface area contributed by atoms with Gasteiger partial charge in [-0.15, -0.1) is 11.3 Å². The van der Waals surface area contributed by atoms with Crippen LogP contribution in [0.3, 0.4) is 0 Å². The summed E-state index contributed by atoms with van der Waals surface area (Å²) in [5, 5.41) is 11.0. The number of aliphatic carboxylic acids is 1. The number of carboxylic acid groups (broad SMARTS) is 1. The Kier molecular flexibility index (Phi) is 3.39. The van der Waals surface area contributed by atoms with Crippen LogP contribution in [-0.2, 0) is 11.2 Å². The van der Waals surface area contributed by atoms with Gasteiger partial charge in [-0.25, -0.2) is 4.98 Å². The van der Waals surface area contributed by atoms with Gasteiger partial charge in [-0.2, -0.15) is 0 Å². The molecule has 0 amide bonds. The first kappa shape index (κ1) is 10.1. The molecule has 1 rings (SSSR count). The first-order valence-corrected chi connectivity index (χ1v) is 4.95. The average Bonchev–Trinajstić information content (AvgIpc) is 2.52. The highest BCUT2D eigenvalue weighted by atomic mass is 32.1. The second-order valence-corrected chi connectivity index (χ2v) is 3.63. The lowest BCUT2D eigenvalue weighted by Gasteiger charge is -1.99. The summed E-state index contributed by atoms with van der Waals surface area (Å²) in [5.74, 6) is -1.03. The number of aromatic nitrogens is 1. The summed E-state index contributed by atoms with van der Waals surface area (Å²) >= 11 is 1.31. The number of nitrogens with zero attached hydrogens (tertiary/aromatic N) is 1. The smallest absolute Gasteiger partial charge is 0.327 e. The van der Waals surface area contributed by atoms with Crippen LogP contribution in [0.5, 0.6) is 0 Å². The molecule has 0 saturated carbocycles. The summed E-state index contributed by atoms with van der Waals surface area (Å²) in [4.78, 5) is 14.6. The maximum Gasteiger partial charge on any atom is 0.327 e. The molecule has 0 saturated heterocycles. The molecule has 0 fully saturated rings. The third-order valence-corrected chi connectivity index (χ3v) is 2.58. The second-order valence-electron chi connectivity index (χ2n) is 2.74. The maximum atomic E-state index is 10.5. The molecule has 0 aliphatic rings. The van der Waals surface area contributed by atoms with Crippen LogP contribution in [0.4, 0.5) is 0 Å². The lowest BCUT2D eigenvalue weighted by Crippen LogP contribution is -2.20. The van der Waals surface area contributed by atoms with Crippen molar-refractivity contribution >= 4 is 17.3 Å². The molecule has 0 radical (unpaired) electrons. The standard InChI is InChI=1S/C8H12N2O2S/c1-2-3-5-4-13-7(10-5)6(9)8(11)12/h4,6H,2-3,9H2,1H3,(H,11,12). The summed E-state index contributed by atoms with van der Waals surface area (Å²) in [7, 11) is 0. The number of rotatable bonds is 4. The van der Waals surface area contributed by atoms with E-state index < -0.39 is 12.0 Å². The van der Waals surface area contributed by atoms with Crippen molar-refractivity contribution in [2.24, 2.45) is 5.73 Å². The quantitative estimate of drug-likeness (QED) is 0.765. The number of thiazole rings is 1. The van der Waals surface area contributed by atoms with E-state index in [1.54, 1.807) is 0 Å². The van der Waals surface area contributed by atoms with Crippen molar-refractivity contribution < 1.29 is 9.90 Å². The molecular weight excluding hydrogens is 188 g/mol. The van der Waals surface area contributed by atoms with Gasteiger partial charge in [-0.05, 0) is 6.42 Å². The number of carboxylic acids is 1. The molecule has 1 aromatic rings. The molecule has 0 spiro atoms. The van der Waals surface area contributed by atoms with Crippen LogP contribution < -0.4 is 5.73 Å². The van der Waals surface area contributed by atoms with Gasteiger partial charge < -0.3 is 10.8 Å². The summed E-state index contributed by atoms with van der Waals surface area (Å²) in [6, 6.07) is -0.976. The Morgan fingerprint density at radius 3 is 3.08 bits per heavy atom. The lowest BCUT2D eigenvalue weighted by molar-refractivity contribution is -0.138. The highest BCUT2D eigenvalue weighted by molar-refractivity contribution is 7.09. The molecule has 0 aromatic carbocycles. The molecule has 1 heterocycles. The summed E-state index contributed by atoms with van der Waals surface area (Å²) < 4.78 is 0. The van der Waals surface area contributed by atoms with E-state index >= 15 is 0 Å². The minimum atomic E-state index is -1.03. The van der Waals surface area contributed by atoms with Gasteiger partial charge >= 0.3 is 5.97 Å². The van der Waals surface area contributed by atoms with Crippen LogP contribution in [0.25, 0.3) is 0 Å². The highest BCUT2D eigenvalue weighted by Crippen LogP contribution is 2.17. The first-order chi connectivity index (χ1) is 6.15. The normalized spacial score (nSPS) is 12.8. The van der Waals surface area contributed by atoms with Gasteiger partial charge in [0.25, 0.3) is 0 Å². The van der Waals surface area contributed by atoms with Crippen molar-refractivity contribution in [2.45, 2.75) is 25.8 Å². The topological polar surface area (TPSA) is 76.2 Å². The van der Waals surface area contributed by atoms with E-state index in [1.807, 2.05) is 5.38 Å². The molecule has 4 nitrogen and oxygen atoms in total. The minimum absolute atomic E-state index is 0.482. The van der Waals surface area contributed by atoms with Crippen molar-refractivity contribution in [1.82, 2.24) is 4.98 Å². The zero-order chi connectivity index (χ0) is 9.84. The van der Waals surface area contributed by atoms with Crippen molar-refractivity contribution in [3.8, 4) is 0 Å². The lowest BCUT2D eigenvalue weighted by atomic mass is 10.3. The van der Waals surface area contributed by atoms with Crippen LogP contribution in [0.1, 0.15) is 30.1 Å². The predicted octanol–water partition coefficient (Wildman–Crippen LogP) is 1.18. The maximum absolute atomic E-state index is 10.5. The number of carbonyl (C=O) groups is 1. The molecule has 13 heavy (non-hydrogen) atoms. The van der Waals surface area contributed by atoms with Crippen molar-refractivity contribution in [1.29, 1.82) is 0 Å². The van der Waals surface area contributed by atoms with Crippen molar-refractivity contribution in [2.75, 3.05) is 0 Å². The van der Waals surface area contributed by atoms with Gasteiger partial charge in [-0.3, -0.25) is 4.79 Å². The molecule has 0 aliphatic carbocycles. The fraction of sp³-hybridized carbons (Fsp3) is 0.500. The van der Waals surface area contributed by atoms with Crippen LogP contribution in [0.2, 0.25) is 0 Å². The molecule has 72 valence electrons. The van der Waals surface area contributed by atoms with Gasteiger partial charge in [0, 0.05) is 5.38 Å². The van der Waals surface area contributed by atoms with E-state index in [0.717, 1.165) is 18.5 Å². The molecule has 0 bridgehead atoms. The monoisotopic (exact) mass is 200 g/mol. The Balaban J connectivity index is 2.73. The van der Waals surface area contributed by atoms with Crippen molar-refractivity contribution in [3.05, 3.63) is 16.1 Å². The second kappa shape index (κ2) is 4.34. The van der Waals surface area contributed by atoms with E-state index in [-0.39, 0.29) is 0 Å². The predicted molar refractivity (Wildman–Crippen MR) is 50.7 cm³/mol. The van der Waals surface area contributed by atoms with Gasteiger partial charge in [0.15, 0.2) is 6.04 Å². The van der Waals surface area contributed by atoms with Gasteiger partial charge in [0.2, 0.25) is 0 Å². The van der Waals surface area contributed by atoms with Gasteiger partial charge in [-0.1, -0.05) is 13.3 Å². The van der Waals surface area contributed by atoms with Crippen LogP contribution >= 0.6 is 11.3 Å². The Labute approximate surface area is 80.4 Å². The van der Waals surface area contributed by atoms with Gasteiger partial charge in [0.1, 0.15) is 5.01 Å². The molecule has 0 aliphatic heterocycles. The van der Waals surface area contributed by atoms with E-state index in [2.05, 4.69) is 11.9 Å². The molecule has 1 aromatic heterocycles. The fourth-order valence-corrected chi connectivity index (χ4v) is 1.79. The van der Waals surface area contributed by atoms with E-state index in [9.17, 15) is 4.79 Å². The molecule has 3 N–H and O–H groups in total. The Bertz CT molecular complexity index is 298. The van der Waals surface area contributed by atoms with Gasteiger partial charge in [0.05, 0.1) is 5.69 Å². The van der Waals surface area contributed by atoms with Crippen LogP contribution in [0, 0.1) is 0 Å². The van der Waals surface area contributed by atoms with Crippen LogP contribution in [-0.4, -0.2) is 16.1 Å². The molecule has 5 heteroatoms.